The quantitative estimate of drug-likeness (QED) is 0.770. The molecule has 1 saturated heterocycles. The maximum atomic E-state index is 11.7. The summed E-state index contributed by atoms with van der Waals surface area (Å²) in [4.78, 5) is 11.7. The number of ether oxygens (including phenoxy) is 1. The average Bonchev–Trinajstić information content (AvgIpc) is 2.79. The zero-order valence-corrected chi connectivity index (χ0v) is 12.2. The fraction of sp³-hybridized carbons (Fsp3) is 0.933. The lowest BCUT2D eigenvalue weighted by atomic mass is 9.83. The monoisotopic (exact) mass is 269 g/mol. The van der Waals surface area contributed by atoms with Crippen LogP contribution in [0.4, 0.5) is 0 Å². The number of rotatable bonds is 4. The Labute approximate surface area is 115 Å². The van der Waals surface area contributed by atoms with E-state index in [0.717, 1.165) is 51.6 Å². The van der Waals surface area contributed by atoms with Gasteiger partial charge in [0.1, 0.15) is 5.54 Å². The molecule has 19 heavy (non-hydrogen) atoms. The molecule has 0 amide bonds. The van der Waals surface area contributed by atoms with Crippen molar-refractivity contribution in [2.45, 2.75) is 70.4 Å². The number of carboxylic acids is 1. The minimum absolute atomic E-state index is 0.201. The molecule has 2 atom stereocenters. The van der Waals surface area contributed by atoms with E-state index >= 15 is 0 Å². The Morgan fingerprint density at radius 3 is 2.68 bits per heavy atom. The molecule has 1 aliphatic carbocycles. The third-order valence-electron chi connectivity index (χ3n) is 4.79. The lowest BCUT2D eigenvalue weighted by Crippen LogP contribution is -2.54. The van der Waals surface area contributed by atoms with Gasteiger partial charge in [-0.15, -0.1) is 0 Å². The molecule has 2 aliphatic rings. The number of carbonyl (C=O) groups is 1. The van der Waals surface area contributed by atoms with Crippen LogP contribution in [0.3, 0.4) is 0 Å². The zero-order valence-electron chi connectivity index (χ0n) is 12.2. The summed E-state index contributed by atoms with van der Waals surface area (Å²) in [7, 11) is 0. The summed E-state index contributed by atoms with van der Waals surface area (Å²) in [5.74, 6) is -0.691. The van der Waals surface area contributed by atoms with Gasteiger partial charge in [-0.3, -0.25) is 10.1 Å². The van der Waals surface area contributed by atoms with E-state index in [2.05, 4.69) is 19.2 Å². The Morgan fingerprint density at radius 2 is 2.05 bits per heavy atom. The second-order valence-corrected chi connectivity index (χ2v) is 6.92. The topological polar surface area (TPSA) is 58.6 Å². The molecule has 0 aromatic rings. The normalized spacial score (nSPS) is 34.9. The molecule has 2 N–H and O–H groups in total. The fourth-order valence-electron chi connectivity index (χ4n) is 3.25. The molecule has 2 unspecified atom stereocenters. The molecule has 2 rings (SSSR count). The highest BCUT2D eigenvalue weighted by molar-refractivity contribution is 5.78. The van der Waals surface area contributed by atoms with Crippen LogP contribution in [0.5, 0.6) is 0 Å². The first-order valence-corrected chi connectivity index (χ1v) is 7.54. The van der Waals surface area contributed by atoms with E-state index in [4.69, 9.17) is 4.74 Å². The molecule has 2 fully saturated rings. The van der Waals surface area contributed by atoms with E-state index in [1.807, 2.05) is 0 Å². The largest absolute Gasteiger partial charge is 0.480 e. The van der Waals surface area contributed by atoms with E-state index in [-0.39, 0.29) is 11.5 Å². The summed E-state index contributed by atoms with van der Waals surface area (Å²) in [5.41, 5.74) is -0.470. The minimum atomic E-state index is -0.736. The molecule has 0 aromatic heterocycles. The van der Waals surface area contributed by atoms with E-state index in [1.54, 1.807) is 0 Å². The number of hydrogen-bond donors (Lipinski definition) is 2. The van der Waals surface area contributed by atoms with Gasteiger partial charge in [0, 0.05) is 13.2 Å². The molecule has 1 saturated carbocycles. The maximum absolute atomic E-state index is 11.7. The zero-order chi connectivity index (χ0) is 13.9. The molecule has 0 aromatic carbocycles. The summed E-state index contributed by atoms with van der Waals surface area (Å²) in [5, 5.41) is 13.0. The van der Waals surface area contributed by atoms with Gasteiger partial charge in [0.2, 0.25) is 0 Å². The van der Waals surface area contributed by atoms with Crippen molar-refractivity contribution in [1.82, 2.24) is 5.32 Å². The van der Waals surface area contributed by atoms with Gasteiger partial charge < -0.3 is 9.84 Å². The third kappa shape index (κ3) is 3.69. The van der Waals surface area contributed by atoms with Crippen molar-refractivity contribution >= 4 is 5.97 Å². The number of aliphatic carboxylic acids is 1. The van der Waals surface area contributed by atoms with Crippen molar-refractivity contribution in [3.63, 3.8) is 0 Å². The van der Waals surface area contributed by atoms with E-state index < -0.39 is 11.5 Å². The van der Waals surface area contributed by atoms with Gasteiger partial charge in [-0.25, -0.2) is 0 Å². The number of hydrogen-bond acceptors (Lipinski definition) is 3. The van der Waals surface area contributed by atoms with Crippen LogP contribution in [0.1, 0.15) is 58.8 Å². The van der Waals surface area contributed by atoms with Crippen molar-refractivity contribution in [2.24, 2.45) is 5.41 Å². The van der Waals surface area contributed by atoms with Crippen molar-refractivity contribution in [3.05, 3.63) is 0 Å². The van der Waals surface area contributed by atoms with Crippen LogP contribution < -0.4 is 5.32 Å². The number of carboxylic acid groups (broad SMARTS) is 1. The van der Waals surface area contributed by atoms with Crippen molar-refractivity contribution in [1.29, 1.82) is 0 Å². The number of nitrogens with one attached hydrogen (secondary N) is 1. The first kappa shape index (κ1) is 14.8. The van der Waals surface area contributed by atoms with Crippen molar-refractivity contribution in [3.8, 4) is 0 Å². The highest BCUT2D eigenvalue weighted by Crippen LogP contribution is 2.38. The second-order valence-electron chi connectivity index (χ2n) is 6.92. The second kappa shape index (κ2) is 5.80. The highest BCUT2D eigenvalue weighted by Gasteiger charge is 2.41. The van der Waals surface area contributed by atoms with Crippen LogP contribution in [-0.2, 0) is 9.53 Å². The van der Waals surface area contributed by atoms with Gasteiger partial charge in [0.25, 0.3) is 0 Å². The van der Waals surface area contributed by atoms with Crippen LogP contribution in [0.2, 0.25) is 0 Å². The molecule has 4 nitrogen and oxygen atoms in total. The molecule has 0 bridgehead atoms. The lowest BCUT2D eigenvalue weighted by Gasteiger charge is -2.31. The Hall–Kier alpha value is -0.610. The first-order chi connectivity index (χ1) is 8.94. The summed E-state index contributed by atoms with van der Waals surface area (Å²) in [6.45, 7) is 5.97. The van der Waals surface area contributed by atoms with Gasteiger partial charge in [-0.05, 0) is 43.9 Å². The Morgan fingerprint density at radius 1 is 1.26 bits per heavy atom. The summed E-state index contributed by atoms with van der Waals surface area (Å²) in [6.07, 6.45) is 6.88. The van der Waals surface area contributed by atoms with Crippen LogP contribution in [-0.4, -0.2) is 35.9 Å². The molecule has 1 aliphatic heterocycles. The van der Waals surface area contributed by atoms with Gasteiger partial charge >= 0.3 is 5.97 Å². The first-order valence-electron chi connectivity index (χ1n) is 7.54. The van der Waals surface area contributed by atoms with Gasteiger partial charge in [-0.1, -0.05) is 20.3 Å². The summed E-state index contributed by atoms with van der Waals surface area (Å²) < 4.78 is 5.59. The van der Waals surface area contributed by atoms with Crippen LogP contribution >= 0.6 is 0 Å². The average molecular weight is 269 g/mol. The molecular weight excluding hydrogens is 242 g/mol. The fourth-order valence-corrected chi connectivity index (χ4v) is 3.25. The van der Waals surface area contributed by atoms with E-state index in [1.165, 1.54) is 0 Å². The van der Waals surface area contributed by atoms with Gasteiger partial charge in [0.05, 0.1) is 6.10 Å². The van der Waals surface area contributed by atoms with Crippen molar-refractivity contribution in [2.75, 3.05) is 13.2 Å². The standard InChI is InChI=1S/C15H27NO3/c1-14(2)6-4-7-15(9-8-14,13(17)18)16-11-12-5-3-10-19-12/h12,16H,3-11H2,1-2H3,(H,17,18). The molecule has 1 heterocycles. The predicted molar refractivity (Wildman–Crippen MR) is 74.2 cm³/mol. The molecular formula is C15H27NO3. The van der Waals surface area contributed by atoms with E-state index in [9.17, 15) is 9.90 Å². The third-order valence-corrected chi connectivity index (χ3v) is 4.79. The maximum Gasteiger partial charge on any atom is 0.323 e. The Bertz CT molecular complexity index is 323. The van der Waals surface area contributed by atoms with Gasteiger partial charge in [-0.2, -0.15) is 0 Å². The van der Waals surface area contributed by atoms with E-state index in [0.29, 0.717) is 6.54 Å². The lowest BCUT2D eigenvalue weighted by molar-refractivity contribution is -0.145. The summed E-state index contributed by atoms with van der Waals surface area (Å²) >= 11 is 0. The van der Waals surface area contributed by atoms with Crippen LogP contribution in [0, 0.1) is 5.41 Å². The predicted octanol–water partition coefficient (Wildman–Crippen LogP) is 2.57. The smallest absolute Gasteiger partial charge is 0.323 e. The Kier molecular flexibility index (Phi) is 4.51. The molecule has 0 radical (unpaired) electrons. The van der Waals surface area contributed by atoms with Gasteiger partial charge in [0.15, 0.2) is 0 Å². The van der Waals surface area contributed by atoms with Crippen molar-refractivity contribution < 1.29 is 14.6 Å². The Balaban J connectivity index is 1.98. The molecule has 110 valence electrons. The SMILES string of the molecule is CC1(C)CCCC(NCC2CCCO2)(C(=O)O)CC1. The van der Waals surface area contributed by atoms with Crippen LogP contribution in [0.15, 0.2) is 0 Å². The molecule has 4 heteroatoms. The highest BCUT2D eigenvalue weighted by atomic mass is 16.5. The summed E-state index contributed by atoms with van der Waals surface area (Å²) in [6, 6.07) is 0. The molecule has 0 spiro atoms. The van der Waals surface area contributed by atoms with Crippen LogP contribution in [0.25, 0.3) is 0 Å². The minimum Gasteiger partial charge on any atom is -0.480 e.